The van der Waals surface area contributed by atoms with E-state index in [4.69, 9.17) is 28.9 Å². The van der Waals surface area contributed by atoms with E-state index in [0.29, 0.717) is 16.3 Å². The largest absolute Gasteiger partial charge is 0.378 e. The smallest absolute Gasteiger partial charge is 0.294 e. The van der Waals surface area contributed by atoms with Crippen molar-refractivity contribution >= 4 is 52.0 Å². The Morgan fingerprint density at radius 2 is 2.10 bits per heavy atom. The number of amides is 1. The zero-order valence-electron chi connectivity index (χ0n) is 15.2. The molecule has 0 saturated heterocycles. The van der Waals surface area contributed by atoms with Gasteiger partial charge in [-0.3, -0.25) is 4.79 Å². The Bertz CT molecular complexity index is 1250. The standard InChI is InChI=1S/C17H12Cl2N8O2S/c1-8(12-3-2-6-30-12)21-23-17(28)13-14(9-4-5-10(18)11(19)7-9)27(26-22-13)16-15(20)24-29-25-16/h2-7H,1H3,(H2,20,24)(H,23,28)/b21-8-. The third kappa shape index (κ3) is 3.77. The quantitative estimate of drug-likeness (QED) is 0.342. The molecule has 3 aromatic heterocycles. The lowest BCUT2D eigenvalue weighted by molar-refractivity contribution is 0.0950. The van der Waals surface area contributed by atoms with Crippen LogP contribution in [0.4, 0.5) is 5.82 Å². The average molecular weight is 463 g/mol. The molecule has 0 radical (unpaired) electrons. The molecule has 0 aliphatic heterocycles. The number of nitrogen functional groups attached to an aromatic ring is 1. The number of halogens is 2. The van der Waals surface area contributed by atoms with Crippen molar-refractivity contribution in [2.24, 2.45) is 5.10 Å². The first-order valence-corrected chi connectivity index (χ1v) is 9.97. The Morgan fingerprint density at radius 1 is 1.27 bits per heavy atom. The molecule has 1 aromatic carbocycles. The van der Waals surface area contributed by atoms with Gasteiger partial charge in [-0.05, 0) is 40.8 Å². The van der Waals surface area contributed by atoms with E-state index in [1.165, 1.54) is 16.0 Å². The number of carbonyl (C=O) groups excluding carboxylic acids is 1. The van der Waals surface area contributed by atoms with Crippen LogP contribution in [0.5, 0.6) is 0 Å². The van der Waals surface area contributed by atoms with Gasteiger partial charge < -0.3 is 5.73 Å². The molecule has 4 aromatic rings. The van der Waals surface area contributed by atoms with Gasteiger partial charge in [0.1, 0.15) is 5.69 Å². The van der Waals surface area contributed by atoms with Gasteiger partial charge in [-0.1, -0.05) is 40.5 Å². The van der Waals surface area contributed by atoms with Gasteiger partial charge in [-0.25, -0.2) is 10.1 Å². The van der Waals surface area contributed by atoms with Crippen molar-refractivity contribution in [1.29, 1.82) is 0 Å². The summed E-state index contributed by atoms with van der Waals surface area (Å²) in [5.74, 6) is -0.547. The van der Waals surface area contributed by atoms with Gasteiger partial charge >= 0.3 is 0 Å². The van der Waals surface area contributed by atoms with Crippen LogP contribution in [0.3, 0.4) is 0 Å². The van der Waals surface area contributed by atoms with Crippen LogP contribution in [0.15, 0.2) is 45.4 Å². The number of hydrazone groups is 1. The Labute approximate surface area is 183 Å². The number of carbonyl (C=O) groups is 1. The summed E-state index contributed by atoms with van der Waals surface area (Å²) in [7, 11) is 0. The van der Waals surface area contributed by atoms with Gasteiger partial charge in [0.05, 0.1) is 15.8 Å². The Kier molecular flexibility index (Phi) is 5.48. The lowest BCUT2D eigenvalue weighted by atomic mass is 10.1. The number of thiophene rings is 1. The summed E-state index contributed by atoms with van der Waals surface area (Å²) in [4.78, 5) is 13.8. The van der Waals surface area contributed by atoms with E-state index in [1.807, 2.05) is 17.5 Å². The van der Waals surface area contributed by atoms with E-state index >= 15 is 0 Å². The van der Waals surface area contributed by atoms with Gasteiger partial charge in [-0.2, -0.15) is 9.78 Å². The minimum Gasteiger partial charge on any atom is -0.378 e. The van der Waals surface area contributed by atoms with Crippen molar-refractivity contribution in [3.63, 3.8) is 0 Å². The van der Waals surface area contributed by atoms with Crippen molar-refractivity contribution in [1.82, 2.24) is 30.7 Å². The second-order valence-corrected chi connectivity index (χ2v) is 7.68. The highest BCUT2D eigenvalue weighted by molar-refractivity contribution is 7.12. The average Bonchev–Trinajstić information content (AvgIpc) is 3.48. The van der Waals surface area contributed by atoms with Crippen molar-refractivity contribution < 1.29 is 9.42 Å². The van der Waals surface area contributed by atoms with Gasteiger partial charge in [-0.15, -0.1) is 16.4 Å². The number of rotatable bonds is 5. The van der Waals surface area contributed by atoms with Crippen LogP contribution in [0, 0.1) is 0 Å². The van der Waals surface area contributed by atoms with E-state index in [0.717, 1.165) is 4.88 Å². The fraction of sp³-hybridized carbons (Fsp3) is 0.0588. The van der Waals surface area contributed by atoms with Gasteiger partial charge in [0.2, 0.25) is 11.6 Å². The van der Waals surface area contributed by atoms with Crippen LogP contribution in [0.25, 0.3) is 17.1 Å². The van der Waals surface area contributed by atoms with Crippen LogP contribution in [0.1, 0.15) is 22.3 Å². The van der Waals surface area contributed by atoms with E-state index in [9.17, 15) is 4.79 Å². The zero-order valence-corrected chi connectivity index (χ0v) is 17.5. The molecule has 0 aliphatic rings. The van der Waals surface area contributed by atoms with Gasteiger partial charge in [0.15, 0.2) is 5.69 Å². The normalized spacial score (nSPS) is 11.6. The van der Waals surface area contributed by atoms with E-state index in [-0.39, 0.29) is 28.0 Å². The van der Waals surface area contributed by atoms with Gasteiger partial charge in [0.25, 0.3) is 5.91 Å². The summed E-state index contributed by atoms with van der Waals surface area (Å²) >= 11 is 13.7. The molecule has 0 fully saturated rings. The Balaban J connectivity index is 1.77. The molecule has 0 atom stereocenters. The maximum absolute atomic E-state index is 12.9. The Hall–Kier alpha value is -3.28. The predicted octanol–water partition coefficient (Wildman–Crippen LogP) is 3.42. The van der Waals surface area contributed by atoms with Crippen LogP contribution in [0.2, 0.25) is 10.0 Å². The molecule has 3 N–H and O–H groups in total. The third-order valence-electron chi connectivity index (χ3n) is 3.98. The molecule has 3 heterocycles. The number of nitrogens with one attached hydrogen (secondary N) is 1. The molecule has 10 nitrogen and oxygen atoms in total. The molecule has 0 unspecified atom stereocenters. The predicted molar refractivity (Wildman–Crippen MR) is 113 cm³/mol. The fourth-order valence-corrected chi connectivity index (χ4v) is 3.53. The number of hydrogen-bond donors (Lipinski definition) is 2. The molecule has 30 heavy (non-hydrogen) atoms. The number of nitrogens with two attached hydrogens (primary N) is 1. The van der Waals surface area contributed by atoms with E-state index in [1.54, 1.807) is 25.1 Å². The highest BCUT2D eigenvalue weighted by Crippen LogP contribution is 2.31. The number of benzene rings is 1. The molecule has 0 aliphatic carbocycles. The maximum atomic E-state index is 12.9. The molecule has 0 spiro atoms. The van der Waals surface area contributed by atoms with Crippen molar-refractivity contribution in [2.45, 2.75) is 6.92 Å². The first-order chi connectivity index (χ1) is 14.5. The second kappa shape index (κ2) is 8.22. The number of anilines is 1. The number of aromatic nitrogens is 5. The molecule has 0 bridgehead atoms. The van der Waals surface area contributed by atoms with E-state index < -0.39 is 5.91 Å². The molecular formula is C17H12Cl2N8O2S. The van der Waals surface area contributed by atoms with E-state index in [2.05, 4.69) is 35.8 Å². The van der Waals surface area contributed by atoms with Crippen LogP contribution >= 0.6 is 34.5 Å². The molecule has 13 heteroatoms. The first-order valence-electron chi connectivity index (χ1n) is 8.33. The Morgan fingerprint density at radius 3 is 2.77 bits per heavy atom. The van der Waals surface area contributed by atoms with Crippen LogP contribution in [-0.2, 0) is 0 Å². The van der Waals surface area contributed by atoms with Crippen molar-refractivity contribution in [3.05, 3.63) is 56.3 Å². The second-order valence-electron chi connectivity index (χ2n) is 5.92. The number of nitrogens with zero attached hydrogens (tertiary/aromatic N) is 6. The highest BCUT2D eigenvalue weighted by atomic mass is 35.5. The first kappa shape index (κ1) is 20.0. The van der Waals surface area contributed by atoms with Crippen LogP contribution < -0.4 is 11.2 Å². The zero-order chi connectivity index (χ0) is 21.3. The third-order valence-corrected chi connectivity index (χ3v) is 5.70. The molecule has 0 saturated carbocycles. The fourth-order valence-electron chi connectivity index (χ4n) is 2.55. The number of hydrogen-bond acceptors (Lipinski definition) is 9. The summed E-state index contributed by atoms with van der Waals surface area (Å²) in [5, 5.41) is 21.9. The molecule has 152 valence electrons. The SMILES string of the molecule is C/C(=N/NC(=O)c1nnn(-c2nonc2N)c1-c1ccc(Cl)c(Cl)c1)c1cccs1. The lowest BCUT2D eigenvalue weighted by Gasteiger charge is -2.07. The van der Waals surface area contributed by atoms with Crippen molar-refractivity contribution in [3.8, 4) is 17.1 Å². The maximum Gasteiger partial charge on any atom is 0.294 e. The summed E-state index contributed by atoms with van der Waals surface area (Å²) in [5.41, 5.74) is 9.65. The molecule has 4 rings (SSSR count). The molecule has 1 amide bonds. The monoisotopic (exact) mass is 462 g/mol. The van der Waals surface area contributed by atoms with Crippen molar-refractivity contribution in [2.75, 3.05) is 5.73 Å². The minimum absolute atomic E-state index is 0.0280. The summed E-state index contributed by atoms with van der Waals surface area (Å²) in [6.07, 6.45) is 0. The van der Waals surface area contributed by atoms with Gasteiger partial charge in [0, 0.05) is 10.4 Å². The lowest BCUT2D eigenvalue weighted by Crippen LogP contribution is -2.20. The van der Waals surface area contributed by atoms with Crippen LogP contribution in [-0.4, -0.2) is 36.9 Å². The summed E-state index contributed by atoms with van der Waals surface area (Å²) in [6.45, 7) is 1.78. The topological polar surface area (TPSA) is 137 Å². The summed E-state index contributed by atoms with van der Waals surface area (Å²) in [6, 6.07) is 8.60. The summed E-state index contributed by atoms with van der Waals surface area (Å²) < 4.78 is 5.87. The highest BCUT2D eigenvalue weighted by Gasteiger charge is 2.25. The molecular weight excluding hydrogens is 451 g/mol. The minimum atomic E-state index is -0.590.